The molecule has 0 saturated carbocycles. The van der Waals surface area contributed by atoms with Crippen molar-refractivity contribution in [3.8, 4) is 16.9 Å². The standard InChI is InChI=1S/C20H25N3O3S/c1-4-26-16-7-5-15(6-8-16)17-13(2)27-20-18(17)19(21-14(3)22-20)23(9-11-24)10-12-25/h5-8,24-25H,4,9-12H2,1-3H3. The maximum absolute atomic E-state index is 9.46. The number of aliphatic hydroxyl groups excluding tert-OH is 2. The summed E-state index contributed by atoms with van der Waals surface area (Å²) in [6.45, 7) is 7.34. The van der Waals surface area contributed by atoms with E-state index in [4.69, 9.17) is 4.74 Å². The maximum Gasteiger partial charge on any atom is 0.141 e. The van der Waals surface area contributed by atoms with Crippen LogP contribution in [0.5, 0.6) is 5.75 Å². The molecule has 3 aromatic rings. The number of aliphatic hydroxyl groups is 2. The molecule has 0 aliphatic carbocycles. The van der Waals surface area contributed by atoms with E-state index in [1.54, 1.807) is 11.3 Å². The summed E-state index contributed by atoms with van der Waals surface area (Å²) in [5.74, 6) is 2.28. The highest BCUT2D eigenvalue weighted by Crippen LogP contribution is 2.42. The van der Waals surface area contributed by atoms with Crippen LogP contribution in [0, 0.1) is 13.8 Å². The molecule has 0 spiro atoms. The fraction of sp³-hybridized carbons (Fsp3) is 0.400. The first-order chi connectivity index (χ1) is 13.1. The van der Waals surface area contributed by atoms with E-state index in [1.165, 1.54) is 0 Å². The smallest absolute Gasteiger partial charge is 0.141 e. The van der Waals surface area contributed by atoms with Gasteiger partial charge in [-0.25, -0.2) is 9.97 Å². The van der Waals surface area contributed by atoms with Crippen molar-refractivity contribution >= 4 is 27.4 Å². The molecule has 2 heterocycles. The minimum Gasteiger partial charge on any atom is -0.494 e. The van der Waals surface area contributed by atoms with Gasteiger partial charge in [0.2, 0.25) is 0 Å². The van der Waals surface area contributed by atoms with Crippen LogP contribution in [0.25, 0.3) is 21.3 Å². The summed E-state index contributed by atoms with van der Waals surface area (Å²) >= 11 is 1.64. The number of nitrogens with zero attached hydrogens (tertiary/aromatic N) is 3. The number of aryl methyl sites for hydroxylation is 2. The van der Waals surface area contributed by atoms with Crippen LogP contribution in [0.4, 0.5) is 5.82 Å². The summed E-state index contributed by atoms with van der Waals surface area (Å²) in [4.78, 5) is 13.3. The quantitative estimate of drug-likeness (QED) is 0.618. The number of fused-ring (bicyclic) bond motifs is 1. The van der Waals surface area contributed by atoms with Crippen LogP contribution in [0.15, 0.2) is 24.3 Å². The Labute approximate surface area is 163 Å². The SMILES string of the molecule is CCOc1ccc(-c2c(C)sc3nc(C)nc(N(CCO)CCO)c23)cc1. The maximum atomic E-state index is 9.46. The van der Waals surface area contributed by atoms with Gasteiger partial charge in [0, 0.05) is 23.5 Å². The number of benzene rings is 1. The molecule has 0 radical (unpaired) electrons. The highest BCUT2D eigenvalue weighted by Gasteiger charge is 2.21. The zero-order chi connectivity index (χ0) is 19.4. The monoisotopic (exact) mass is 387 g/mol. The zero-order valence-electron chi connectivity index (χ0n) is 15.9. The van der Waals surface area contributed by atoms with Crippen LogP contribution >= 0.6 is 11.3 Å². The van der Waals surface area contributed by atoms with Crippen molar-refractivity contribution in [1.29, 1.82) is 0 Å². The van der Waals surface area contributed by atoms with Gasteiger partial charge in [-0.15, -0.1) is 11.3 Å². The Hall–Kier alpha value is -2.22. The van der Waals surface area contributed by atoms with Gasteiger partial charge in [-0.3, -0.25) is 0 Å². The Bertz CT molecular complexity index is 903. The molecular weight excluding hydrogens is 362 g/mol. The van der Waals surface area contributed by atoms with E-state index in [1.807, 2.05) is 43.0 Å². The molecule has 0 aliphatic rings. The normalized spacial score (nSPS) is 11.1. The second-order valence-electron chi connectivity index (χ2n) is 6.20. The Balaban J connectivity index is 2.19. The number of rotatable bonds is 8. The summed E-state index contributed by atoms with van der Waals surface area (Å²) in [5, 5.41) is 19.9. The number of ether oxygens (including phenoxy) is 1. The van der Waals surface area contributed by atoms with Crippen molar-refractivity contribution in [2.45, 2.75) is 20.8 Å². The molecule has 0 fully saturated rings. The summed E-state index contributed by atoms with van der Waals surface area (Å²) in [6, 6.07) is 8.03. The van der Waals surface area contributed by atoms with Crippen LogP contribution in [0.3, 0.4) is 0 Å². The van der Waals surface area contributed by atoms with Crippen molar-refractivity contribution in [1.82, 2.24) is 9.97 Å². The Morgan fingerprint density at radius 1 is 1.04 bits per heavy atom. The second-order valence-corrected chi connectivity index (χ2v) is 7.40. The predicted molar refractivity (Wildman–Crippen MR) is 110 cm³/mol. The molecule has 0 atom stereocenters. The first-order valence-corrected chi connectivity index (χ1v) is 9.88. The lowest BCUT2D eigenvalue weighted by Gasteiger charge is -2.23. The topological polar surface area (TPSA) is 78.7 Å². The van der Waals surface area contributed by atoms with Gasteiger partial charge in [-0.1, -0.05) is 12.1 Å². The molecule has 3 rings (SSSR count). The lowest BCUT2D eigenvalue weighted by molar-refractivity contribution is 0.281. The van der Waals surface area contributed by atoms with Gasteiger partial charge in [0.1, 0.15) is 22.2 Å². The third kappa shape index (κ3) is 4.05. The molecule has 27 heavy (non-hydrogen) atoms. The Morgan fingerprint density at radius 2 is 1.70 bits per heavy atom. The number of anilines is 1. The first-order valence-electron chi connectivity index (χ1n) is 9.06. The minimum atomic E-state index is -0.00789. The summed E-state index contributed by atoms with van der Waals surface area (Å²) in [5.41, 5.74) is 2.16. The lowest BCUT2D eigenvalue weighted by atomic mass is 10.0. The van der Waals surface area contributed by atoms with Crippen molar-refractivity contribution in [3.63, 3.8) is 0 Å². The highest BCUT2D eigenvalue weighted by molar-refractivity contribution is 7.19. The van der Waals surface area contributed by atoms with Gasteiger partial charge in [0.25, 0.3) is 0 Å². The predicted octanol–water partition coefficient (Wildman–Crippen LogP) is 3.16. The van der Waals surface area contributed by atoms with E-state index in [9.17, 15) is 10.2 Å². The lowest BCUT2D eigenvalue weighted by Crippen LogP contribution is -2.30. The molecule has 0 aliphatic heterocycles. The average molecular weight is 388 g/mol. The summed E-state index contributed by atoms with van der Waals surface area (Å²) in [7, 11) is 0. The highest BCUT2D eigenvalue weighted by atomic mass is 32.1. The molecule has 1 aromatic carbocycles. The Kier molecular flexibility index (Phi) is 6.26. The number of thiophene rings is 1. The van der Waals surface area contributed by atoms with E-state index in [-0.39, 0.29) is 13.2 Å². The molecule has 0 unspecified atom stereocenters. The molecule has 0 amide bonds. The average Bonchev–Trinajstić information content (AvgIpc) is 2.97. The number of aromatic nitrogens is 2. The first kappa shape index (κ1) is 19.5. The van der Waals surface area contributed by atoms with Gasteiger partial charge >= 0.3 is 0 Å². The Morgan fingerprint density at radius 3 is 2.30 bits per heavy atom. The van der Waals surface area contributed by atoms with Gasteiger partial charge in [-0.05, 0) is 38.5 Å². The molecule has 144 valence electrons. The van der Waals surface area contributed by atoms with E-state index >= 15 is 0 Å². The third-order valence-electron chi connectivity index (χ3n) is 4.31. The fourth-order valence-electron chi connectivity index (χ4n) is 3.22. The van der Waals surface area contributed by atoms with Crippen LogP contribution in [0.1, 0.15) is 17.6 Å². The molecule has 7 heteroatoms. The van der Waals surface area contributed by atoms with Crippen LogP contribution in [0.2, 0.25) is 0 Å². The summed E-state index contributed by atoms with van der Waals surface area (Å²) < 4.78 is 5.55. The largest absolute Gasteiger partial charge is 0.494 e. The van der Waals surface area contributed by atoms with E-state index in [0.717, 1.165) is 37.8 Å². The molecule has 2 aromatic heterocycles. The van der Waals surface area contributed by atoms with E-state index in [2.05, 4.69) is 16.9 Å². The molecular formula is C20H25N3O3S. The molecule has 2 N–H and O–H groups in total. The molecule has 6 nitrogen and oxygen atoms in total. The van der Waals surface area contributed by atoms with E-state index < -0.39 is 0 Å². The number of hydrogen-bond acceptors (Lipinski definition) is 7. The van der Waals surface area contributed by atoms with Gasteiger partial charge in [0.05, 0.1) is 25.2 Å². The van der Waals surface area contributed by atoms with Crippen LogP contribution in [-0.2, 0) is 0 Å². The van der Waals surface area contributed by atoms with Gasteiger partial charge < -0.3 is 19.8 Å². The van der Waals surface area contributed by atoms with E-state index in [0.29, 0.717) is 25.5 Å². The van der Waals surface area contributed by atoms with Gasteiger partial charge in [-0.2, -0.15) is 0 Å². The van der Waals surface area contributed by atoms with Crippen molar-refractivity contribution in [3.05, 3.63) is 35.0 Å². The van der Waals surface area contributed by atoms with Crippen molar-refractivity contribution in [2.24, 2.45) is 0 Å². The fourth-order valence-corrected chi connectivity index (χ4v) is 4.31. The molecule has 0 bridgehead atoms. The number of hydrogen-bond donors (Lipinski definition) is 2. The third-order valence-corrected chi connectivity index (χ3v) is 5.31. The second kappa shape index (κ2) is 8.65. The molecule has 0 saturated heterocycles. The van der Waals surface area contributed by atoms with Crippen molar-refractivity contribution < 1.29 is 14.9 Å². The van der Waals surface area contributed by atoms with Crippen LogP contribution in [-0.4, -0.2) is 53.1 Å². The van der Waals surface area contributed by atoms with Crippen LogP contribution < -0.4 is 9.64 Å². The summed E-state index contributed by atoms with van der Waals surface area (Å²) in [6.07, 6.45) is 0. The van der Waals surface area contributed by atoms with Crippen molar-refractivity contribution in [2.75, 3.05) is 37.8 Å². The van der Waals surface area contributed by atoms with Gasteiger partial charge in [0.15, 0.2) is 0 Å². The zero-order valence-corrected chi connectivity index (χ0v) is 16.7. The minimum absolute atomic E-state index is 0.00789.